The highest BCUT2D eigenvalue weighted by Gasteiger charge is 2.33. The summed E-state index contributed by atoms with van der Waals surface area (Å²) in [7, 11) is 0. The van der Waals surface area contributed by atoms with Crippen molar-refractivity contribution in [3.05, 3.63) is 131 Å². The summed E-state index contributed by atoms with van der Waals surface area (Å²) in [6.07, 6.45) is 1.46. The molecule has 0 spiro atoms. The average molecular weight is 577 g/mol. The number of fused-ring (bicyclic) bond motifs is 1. The number of allylic oxidation sites excluding steroid dienone is 1. The maximum absolute atomic E-state index is 13.7. The number of halogens is 2. The van der Waals surface area contributed by atoms with Gasteiger partial charge >= 0.3 is 5.97 Å². The van der Waals surface area contributed by atoms with Gasteiger partial charge in [0, 0.05) is 5.02 Å². The van der Waals surface area contributed by atoms with E-state index in [1.54, 1.807) is 67.8 Å². The highest BCUT2D eigenvalue weighted by Crippen LogP contribution is 2.31. The zero-order valence-electron chi connectivity index (χ0n) is 22.1. The van der Waals surface area contributed by atoms with Gasteiger partial charge in [-0.1, -0.05) is 59.3 Å². The SMILES string of the molecule is CC1=C(C(=O)OC(C)C)C(c2ccc(Cl)cc2)n2c(sc(=Cc3ccc(OCc4ccc(F)cc4)cc3)c2=O)=N1. The molecule has 0 amide bonds. The maximum Gasteiger partial charge on any atom is 0.338 e. The molecule has 204 valence electrons. The van der Waals surface area contributed by atoms with Gasteiger partial charge in [-0.3, -0.25) is 9.36 Å². The molecule has 0 aliphatic carbocycles. The van der Waals surface area contributed by atoms with Gasteiger partial charge < -0.3 is 9.47 Å². The van der Waals surface area contributed by atoms with Crippen molar-refractivity contribution in [1.82, 2.24) is 4.57 Å². The zero-order chi connectivity index (χ0) is 28.4. The van der Waals surface area contributed by atoms with Crippen LogP contribution in [0.5, 0.6) is 5.75 Å². The number of aromatic nitrogens is 1. The van der Waals surface area contributed by atoms with Crippen molar-refractivity contribution in [3.8, 4) is 5.75 Å². The number of carbonyl (C=O) groups excluding carboxylic acids is 1. The predicted octanol–water partition coefficient (Wildman–Crippen LogP) is 5.56. The van der Waals surface area contributed by atoms with Gasteiger partial charge in [0.15, 0.2) is 4.80 Å². The van der Waals surface area contributed by atoms with Gasteiger partial charge in [-0.15, -0.1) is 0 Å². The molecule has 5 rings (SSSR count). The van der Waals surface area contributed by atoms with Crippen LogP contribution >= 0.6 is 22.9 Å². The quantitative estimate of drug-likeness (QED) is 0.270. The molecule has 0 N–H and O–H groups in total. The molecule has 1 atom stereocenters. The first-order valence-electron chi connectivity index (χ1n) is 12.7. The molecule has 1 aromatic heterocycles. The Morgan fingerprint density at radius 2 is 1.75 bits per heavy atom. The molecule has 4 aromatic rings. The van der Waals surface area contributed by atoms with Crippen molar-refractivity contribution in [2.75, 3.05) is 0 Å². The van der Waals surface area contributed by atoms with Crippen LogP contribution in [-0.2, 0) is 16.1 Å². The van der Waals surface area contributed by atoms with Crippen molar-refractivity contribution in [2.24, 2.45) is 4.99 Å². The summed E-state index contributed by atoms with van der Waals surface area (Å²) in [5.74, 6) is -0.156. The maximum atomic E-state index is 13.7. The lowest BCUT2D eigenvalue weighted by molar-refractivity contribution is -0.143. The van der Waals surface area contributed by atoms with Crippen LogP contribution in [0.15, 0.2) is 93.9 Å². The molecule has 3 aromatic carbocycles. The normalized spacial score (nSPS) is 15.2. The molecular formula is C31H26ClFN2O4S. The topological polar surface area (TPSA) is 69.9 Å². The molecule has 0 saturated heterocycles. The Morgan fingerprint density at radius 3 is 2.40 bits per heavy atom. The molecule has 0 bridgehead atoms. The summed E-state index contributed by atoms with van der Waals surface area (Å²) in [4.78, 5) is 32.0. The van der Waals surface area contributed by atoms with E-state index in [9.17, 15) is 14.0 Å². The van der Waals surface area contributed by atoms with E-state index in [4.69, 9.17) is 21.1 Å². The van der Waals surface area contributed by atoms with Crippen LogP contribution in [0.25, 0.3) is 6.08 Å². The highest BCUT2D eigenvalue weighted by atomic mass is 35.5. The van der Waals surface area contributed by atoms with Crippen LogP contribution < -0.4 is 19.6 Å². The molecule has 1 aliphatic rings. The molecule has 0 fully saturated rings. The second kappa shape index (κ2) is 11.6. The minimum absolute atomic E-state index is 0.261. The number of nitrogens with zero attached hydrogens (tertiary/aromatic N) is 2. The van der Waals surface area contributed by atoms with E-state index in [0.29, 0.717) is 38.0 Å². The van der Waals surface area contributed by atoms with E-state index in [0.717, 1.165) is 16.7 Å². The van der Waals surface area contributed by atoms with Crippen molar-refractivity contribution in [2.45, 2.75) is 39.5 Å². The van der Waals surface area contributed by atoms with E-state index in [1.807, 2.05) is 24.3 Å². The lowest BCUT2D eigenvalue weighted by Crippen LogP contribution is -2.40. The third kappa shape index (κ3) is 5.93. The van der Waals surface area contributed by atoms with E-state index in [1.165, 1.54) is 23.5 Å². The summed E-state index contributed by atoms with van der Waals surface area (Å²) in [5, 5.41) is 0.549. The van der Waals surface area contributed by atoms with E-state index in [2.05, 4.69) is 4.99 Å². The molecule has 2 heterocycles. The number of rotatable bonds is 7. The summed E-state index contributed by atoms with van der Waals surface area (Å²) in [5.41, 5.74) is 2.94. The molecule has 1 unspecified atom stereocenters. The third-order valence-electron chi connectivity index (χ3n) is 6.27. The van der Waals surface area contributed by atoms with Gasteiger partial charge in [-0.25, -0.2) is 14.2 Å². The third-order valence-corrected chi connectivity index (χ3v) is 7.50. The van der Waals surface area contributed by atoms with Crippen molar-refractivity contribution < 1.29 is 18.7 Å². The van der Waals surface area contributed by atoms with E-state index >= 15 is 0 Å². The Hall–Kier alpha value is -4.01. The fourth-order valence-corrected chi connectivity index (χ4v) is 5.55. The lowest BCUT2D eigenvalue weighted by Gasteiger charge is -2.25. The number of hydrogen-bond acceptors (Lipinski definition) is 6. The van der Waals surface area contributed by atoms with Crippen molar-refractivity contribution >= 4 is 35.0 Å². The Bertz CT molecular complexity index is 1760. The number of ether oxygens (including phenoxy) is 2. The Labute approximate surface area is 239 Å². The highest BCUT2D eigenvalue weighted by molar-refractivity contribution is 7.07. The van der Waals surface area contributed by atoms with Gasteiger partial charge in [0.1, 0.15) is 18.2 Å². The predicted molar refractivity (Wildman–Crippen MR) is 154 cm³/mol. The monoisotopic (exact) mass is 576 g/mol. The summed E-state index contributed by atoms with van der Waals surface area (Å²) < 4.78 is 26.5. The number of carbonyl (C=O) groups is 1. The van der Waals surface area contributed by atoms with Crippen LogP contribution in [0.2, 0.25) is 5.02 Å². The fourth-order valence-electron chi connectivity index (χ4n) is 4.38. The number of thiazole rings is 1. The standard InChI is InChI=1S/C31H26ClFN2O4S/c1-18(2)39-30(37)27-19(3)34-31-35(28(27)22-8-10-23(32)11-9-22)29(36)26(40-31)16-20-6-14-25(15-7-20)38-17-21-4-12-24(33)13-5-21/h4-16,18,28H,17H2,1-3H3. The fraction of sp³-hybridized carbons (Fsp3) is 0.194. The van der Waals surface area contributed by atoms with Crippen LogP contribution in [0.1, 0.15) is 43.5 Å². The first-order chi connectivity index (χ1) is 19.2. The molecule has 6 nitrogen and oxygen atoms in total. The van der Waals surface area contributed by atoms with Gasteiger partial charge in [-0.05, 0) is 79.9 Å². The van der Waals surface area contributed by atoms with Gasteiger partial charge in [0.05, 0.1) is 27.9 Å². The largest absolute Gasteiger partial charge is 0.489 e. The average Bonchev–Trinajstić information content (AvgIpc) is 3.22. The lowest BCUT2D eigenvalue weighted by atomic mass is 9.96. The second-order valence-corrected chi connectivity index (χ2v) is 11.0. The molecular weight excluding hydrogens is 551 g/mol. The first kappa shape index (κ1) is 27.6. The molecule has 1 aliphatic heterocycles. The van der Waals surface area contributed by atoms with Gasteiger partial charge in [-0.2, -0.15) is 0 Å². The number of hydrogen-bond donors (Lipinski definition) is 0. The second-order valence-electron chi connectivity index (χ2n) is 9.57. The van der Waals surface area contributed by atoms with Crippen molar-refractivity contribution in [1.29, 1.82) is 0 Å². The Morgan fingerprint density at radius 1 is 1.07 bits per heavy atom. The Balaban J connectivity index is 1.49. The summed E-state index contributed by atoms with van der Waals surface area (Å²) >= 11 is 7.38. The Kier molecular flexibility index (Phi) is 8.00. The van der Waals surface area contributed by atoms with Crippen LogP contribution in [0, 0.1) is 5.82 Å². The molecule has 9 heteroatoms. The van der Waals surface area contributed by atoms with Crippen LogP contribution in [0.4, 0.5) is 4.39 Å². The van der Waals surface area contributed by atoms with Gasteiger partial charge in [0.25, 0.3) is 5.56 Å². The molecule has 0 radical (unpaired) electrons. The minimum atomic E-state index is -0.704. The van der Waals surface area contributed by atoms with Crippen LogP contribution in [-0.4, -0.2) is 16.6 Å². The summed E-state index contributed by atoms with van der Waals surface area (Å²) in [6, 6.07) is 19.8. The number of esters is 1. The first-order valence-corrected chi connectivity index (χ1v) is 13.9. The molecule has 40 heavy (non-hydrogen) atoms. The number of benzene rings is 3. The smallest absolute Gasteiger partial charge is 0.338 e. The minimum Gasteiger partial charge on any atom is -0.489 e. The zero-order valence-corrected chi connectivity index (χ0v) is 23.6. The van der Waals surface area contributed by atoms with Crippen molar-refractivity contribution in [3.63, 3.8) is 0 Å². The van der Waals surface area contributed by atoms with E-state index in [-0.39, 0.29) is 17.5 Å². The van der Waals surface area contributed by atoms with Gasteiger partial charge in [0.2, 0.25) is 0 Å². The van der Waals surface area contributed by atoms with Crippen LogP contribution in [0.3, 0.4) is 0 Å². The molecule has 0 saturated carbocycles. The summed E-state index contributed by atoms with van der Waals surface area (Å²) in [6.45, 7) is 5.62. The van der Waals surface area contributed by atoms with E-state index < -0.39 is 12.0 Å².